The largest absolute Gasteiger partial charge is 1.00 e. The van der Waals surface area contributed by atoms with Gasteiger partial charge in [-0.1, -0.05) is 0 Å². The van der Waals surface area contributed by atoms with Gasteiger partial charge in [0.05, 0.1) is 0 Å². The molecule has 0 aromatic rings. The molecule has 0 spiro atoms. The van der Waals surface area contributed by atoms with Crippen molar-refractivity contribution in [3.8, 4) is 0 Å². The number of hydrogen-bond acceptors (Lipinski definition) is 5. The summed E-state index contributed by atoms with van der Waals surface area (Å²) in [4.78, 5) is 7.36. The maximum absolute atomic E-state index is 2.59. The van der Waals surface area contributed by atoms with Crippen LogP contribution in [-0.2, 0) is 0 Å². The lowest BCUT2D eigenvalue weighted by atomic mass is 10.4. The Morgan fingerprint density at radius 2 is 1.72 bits per heavy atom. The van der Waals surface area contributed by atoms with Gasteiger partial charge in [-0.25, -0.2) is 4.90 Å². The summed E-state index contributed by atoms with van der Waals surface area (Å²) in [6.45, 7) is 5.04. The summed E-state index contributed by atoms with van der Waals surface area (Å²) < 4.78 is 0. The van der Waals surface area contributed by atoms with Gasteiger partial charge in [0.25, 0.3) is 0 Å². The molecule has 2 fully saturated rings. The van der Waals surface area contributed by atoms with Crippen LogP contribution in [0.5, 0.6) is 0 Å². The number of likely N-dealkylation sites (N-methyl/N-ethyl adjacent to an activating group) is 1. The summed E-state index contributed by atoms with van der Waals surface area (Å²) in [5.74, 6) is 0. The molecule has 0 aromatic heterocycles. The van der Waals surface area contributed by atoms with Crippen molar-refractivity contribution in [1.29, 1.82) is 0 Å². The van der Waals surface area contributed by atoms with Crippen LogP contribution in [0.25, 0.3) is 0 Å². The molecule has 108 valence electrons. The Balaban J connectivity index is 0.00000162. The summed E-state index contributed by atoms with van der Waals surface area (Å²) in [6.07, 6.45) is 2.79. The van der Waals surface area contributed by atoms with Crippen LogP contribution < -0.4 is 17.7 Å². The molecule has 0 aliphatic carbocycles. The van der Waals surface area contributed by atoms with Gasteiger partial charge in [-0.15, -0.1) is 0 Å². The Bertz CT molecular complexity index is 239. The van der Waals surface area contributed by atoms with Gasteiger partial charge in [-0.3, -0.25) is 10.2 Å². The molecular weight excluding hydrogens is 288 g/mol. The Morgan fingerprint density at radius 1 is 1.11 bits per heavy atom. The fraction of sp³-hybridized carbons (Fsp3) is 1.00. The van der Waals surface area contributed by atoms with E-state index in [-0.39, 0.29) is 12.4 Å². The summed E-state index contributed by atoms with van der Waals surface area (Å²) in [6, 6.07) is 0. The van der Waals surface area contributed by atoms with Crippen LogP contribution in [0.15, 0.2) is 0 Å². The lowest BCUT2D eigenvalue weighted by molar-refractivity contribution is -0.708. The van der Waals surface area contributed by atoms with Crippen LogP contribution in [0, 0.1) is 0 Å². The first-order valence-corrected chi connectivity index (χ1v) is 8.70. The van der Waals surface area contributed by atoms with Crippen molar-refractivity contribution in [2.75, 3.05) is 47.3 Å². The van der Waals surface area contributed by atoms with Gasteiger partial charge in [-0.2, -0.15) is 0 Å². The second-order valence-corrected chi connectivity index (χ2v) is 7.66. The first-order chi connectivity index (χ1) is 8.16. The lowest BCUT2D eigenvalue weighted by Crippen LogP contribution is -3.00. The van der Waals surface area contributed by atoms with Crippen LogP contribution in [0.2, 0.25) is 0 Å². The predicted octanol–water partition coefficient (Wildman–Crippen LogP) is -2.89. The second kappa shape index (κ2) is 8.19. The molecule has 2 atom stereocenters. The Hall–Kier alpha value is 0.830. The molecule has 2 unspecified atom stereocenters. The maximum Gasteiger partial charge on any atom is 0.202 e. The van der Waals surface area contributed by atoms with Gasteiger partial charge in [0, 0.05) is 13.1 Å². The van der Waals surface area contributed by atoms with Crippen LogP contribution >= 0.6 is 21.6 Å². The summed E-state index contributed by atoms with van der Waals surface area (Å²) in [7, 11) is 10.5. The molecule has 0 radical (unpaired) electrons. The number of nitrogens with zero attached hydrogens (tertiary/aromatic N) is 3. The van der Waals surface area contributed by atoms with Crippen molar-refractivity contribution >= 4 is 21.6 Å². The van der Waals surface area contributed by atoms with Crippen LogP contribution in [-0.4, -0.2) is 73.0 Å². The third-order valence-electron chi connectivity index (χ3n) is 3.49. The zero-order valence-corrected chi connectivity index (χ0v) is 13.9. The number of hydrogen-bond donors (Lipinski definition) is 1. The van der Waals surface area contributed by atoms with E-state index < -0.39 is 0 Å². The zero-order chi connectivity index (χ0) is 12.3. The van der Waals surface area contributed by atoms with E-state index in [1.54, 1.807) is 0 Å². The third-order valence-corrected chi connectivity index (χ3v) is 6.61. The number of likely N-dealkylation sites (tertiary alicyclic amines) is 1. The minimum absolute atomic E-state index is 0. The van der Waals surface area contributed by atoms with Crippen molar-refractivity contribution in [1.82, 2.24) is 14.7 Å². The van der Waals surface area contributed by atoms with E-state index in [4.69, 9.17) is 0 Å². The standard InChI is InChI=1S/C11H24N4S2.ClH/c1-13(2)10-12-11(17-16-10)14(3)8-9-15-6-4-5-7-15;/h10-12H,4-9H2,1-3H3;1H. The van der Waals surface area contributed by atoms with Gasteiger partial charge in [0.15, 0.2) is 0 Å². The highest BCUT2D eigenvalue weighted by molar-refractivity contribution is 8.77. The van der Waals surface area contributed by atoms with Gasteiger partial charge >= 0.3 is 0 Å². The van der Waals surface area contributed by atoms with Crippen molar-refractivity contribution < 1.29 is 17.7 Å². The minimum atomic E-state index is 0. The predicted molar refractivity (Wildman–Crippen MR) is 76.7 cm³/mol. The number of nitrogens with two attached hydrogens (primary N) is 1. The molecule has 2 aliphatic rings. The third kappa shape index (κ3) is 4.74. The smallest absolute Gasteiger partial charge is 0.202 e. The molecule has 0 saturated carbocycles. The molecule has 2 heterocycles. The molecular formula is C11H25ClN4S2. The SMILES string of the molecule is CN(C)C1[NH2+]C(N(C)CCN2CCCC2)SS1.[Cl-]. The monoisotopic (exact) mass is 312 g/mol. The van der Waals surface area contributed by atoms with Gasteiger partial charge in [0.2, 0.25) is 11.0 Å². The maximum atomic E-state index is 2.59. The molecule has 2 aliphatic heterocycles. The average molecular weight is 313 g/mol. The molecule has 0 aromatic carbocycles. The fourth-order valence-corrected chi connectivity index (χ4v) is 5.43. The van der Waals surface area contributed by atoms with Crippen molar-refractivity contribution in [2.24, 2.45) is 0 Å². The molecule has 2 saturated heterocycles. The molecule has 2 N–H and O–H groups in total. The Kier molecular flexibility index (Phi) is 7.68. The van der Waals surface area contributed by atoms with Gasteiger partial charge in [0.1, 0.15) is 0 Å². The lowest BCUT2D eigenvalue weighted by Gasteiger charge is -2.24. The van der Waals surface area contributed by atoms with Crippen LogP contribution in [0.1, 0.15) is 12.8 Å². The normalized spacial score (nSPS) is 29.2. The topological polar surface area (TPSA) is 26.3 Å². The van der Waals surface area contributed by atoms with Crippen LogP contribution in [0.4, 0.5) is 0 Å². The van der Waals surface area contributed by atoms with E-state index >= 15 is 0 Å². The van der Waals surface area contributed by atoms with E-state index in [9.17, 15) is 0 Å². The second-order valence-electron chi connectivity index (χ2n) is 5.16. The quantitative estimate of drug-likeness (QED) is 0.550. The molecule has 0 amide bonds. The minimum Gasteiger partial charge on any atom is -1.00 e. The fourth-order valence-electron chi connectivity index (χ4n) is 2.23. The highest BCUT2D eigenvalue weighted by atomic mass is 35.5. The number of halogens is 1. The molecule has 4 nitrogen and oxygen atoms in total. The molecule has 7 heteroatoms. The van der Waals surface area contributed by atoms with E-state index in [1.807, 2.05) is 21.6 Å². The van der Waals surface area contributed by atoms with Crippen molar-refractivity contribution in [3.05, 3.63) is 0 Å². The zero-order valence-electron chi connectivity index (χ0n) is 11.5. The summed E-state index contributed by atoms with van der Waals surface area (Å²) in [5, 5.41) is 2.46. The summed E-state index contributed by atoms with van der Waals surface area (Å²) in [5.41, 5.74) is 1.15. The molecule has 2 rings (SSSR count). The highest BCUT2D eigenvalue weighted by Gasteiger charge is 2.34. The Labute approximate surface area is 125 Å². The summed E-state index contributed by atoms with van der Waals surface area (Å²) >= 11 is 0. The highest BCUT2D eigenvalue weighted by Crippen LogP contribution is 2.32. The van der Waals surface area contributed by atoms with E-state index in [0.717, 1.165) is 0 Å². The van der Waals surface area contributed by atoms with Crippen LogP contribution in [0.3, 0.4) is 0 Å². The van der Waals surface area contributed by atoms with E-state index in [1.165, 1.54) is 39.0 Å². The average Bonchev–Trinajstić information content (AvgIpc) is 2.96. The van der Waals surface area contributed by atoms with Gasteiger partial charge in [-0.05, 0) is 68.7 Å². The molecule has 18 heavy (non-hydrogen) atoms. The molecule has 0 bridgehead atoms. The number of quaternary nitrogens is 1. The van der Waals surface area contributed by atoms with E-state index in [0.29, 0.717) is 11.0 Å². The van der Waals surface area contributed by atoms with Crippen molar-refractivity contribution in [2.45, 2.75) is 23.8 Å². The van der Waals surface area contributed by atoms with Gasteiger partial charge < -0.3 is 17.3 Å². The first kappa shape index (κ1) is 16.9. The first-order valence-electron chi connectivity index (χ1n) is 6.43. The number of rotatable bonds is 5. The van der Waals surface area contributed by atoms with E-state index in [2.05, 4.69) is 41.2 Å². The van der Waals surface area contributed by atoms with Crippen molar-refractivity contribution in [3.63, 3.8) is 0 Å². The Morgan fingerprint density at radius 3 is 2.28 bits per heavy atom.